The second kappa shape index (κ2) is 7.31. The maximum Gasteiger partial charge on any atom is 0.170 e. The molecule has 1 rings (SSSR count). The zero-order valence-electron chi connectivity index (χ0n) is 10.7. The molecule has 0 aromatic carbocycles. The lowest BCUT2D eigenvalue weighted by Gasteiger charge is -2.27. The average Bonchev–Trinajstić information content (AvgIpc) is 2.82. The lowest BCUT2D eigenvalue weighted by Crippen LogP contribution is -2.48. The Balaban J connectivity index is 2.46. The largest absolute Gasteiger partial charge is 0.394 e. The summed E-state index contributed by atoms with van der Waals surface area (Å²) in [7, 11) is 0. The van der Waals surface area contributed by atoms with Gasteiger partial charge in [-0.2, -0.15) is 4.37 Å². The predicted molar refractivity (Wildman–Crippen MR) is 73.8 cm³/mol. The lowest BCUT2D eigenvalue weighted by molar-refractivity contribution is 0.192. The van der Waals surface area contributed by atoms with Gasteiger partial charge in [-0.25, -0.2) is 4.98 Å². The third kappa shape index (κ3) is 4.91. The molecule has 0 aliphatic heterocycles. The van der Waals surface area contributed by atoms with E-state index in [2.05, 4.69) is 28.5 Å². The summed E-state index contributed by atoms with van der Waals surface area (Å²) in [5, 5.41) is 12.8. The Morgan fingerprint density at radius 2 is 2.24 bits per heavy atom. The molecular weight excluding hydrogens is 254 g/mol. The van der Waals surface area contributed by atoms with Crippen LogP contribution in [0.5, 0.6) is 0 Å². The molecule has 1 aromatic rings. The zero-order valence-corrected chi connectivity index (χ0v) is 12.3. The van der Waals surface area contributed by atoms with Gasteiger partial charge in [0.2, 0.25) is 0 Å². The normalized spacial score (nSPS) is 14.8. The van der Waals surface area contributed by atoms with Crippen molar-refractivity contribution in [2.75, 3.05) is 18.9 Å². The van der Waals surface area contributed by atoms with Gasteiger partial charge in [0, 0.05) is 17.7 Å². The molecule has 17 heavy (non-hydrogen) atoms. The highest BCUT2D eigenvalue weighted by Gasteiger charge is 2.23. The maximum atomic E-state index is 9.43. The van der Waals surface area contributed by atoms with Crippen LogP contribution in [0.1, 0.15) is 33.0 Å². The van der Waals surface area contributed by atoms with Gasteiger partial charge >= 0.3 is 0 Å². The first kappa shape index (κ1) is 14.9. The summed E-state index contributed by atoms with van der Waals surface area (Å²) in [6, 6.07) is 0. The smallest absolute Gasteiger partial charge is 0.170 e. The van der Waals surface area contributed by atoms with Gasteiger partial charge in [-0.05, 0) is 31.4 Å². The molecule has 0 saturated carbocycles. The number of nitrogens with zero attached hydrogens (tertiary/aromatic N) is 2. The first-order chi connectivity index (χ1) is 8.13. The van der Waals surface area contributed by atoms with Crippen LogP contribution in [0.3, 0.4) is 0 Å². The summed E-state index contributed by atoms with van der Waals surface area (Å²) >= 11 is 3.10. The van der Waals surface area contributed by atoms with Crippen LogP contribution in [-0.2, 0) is 6.42 Å². The number of hydrogen-bond acceptors (Lipinski definition) is 6. The van der Waals surface area contributed by atoms with E-state index in [1.54, 1.807) is 11.8 Å². The average molecular weight is 275 g/mol. The Kier molecular flexibility index (Phi) is 6.40. The van der Waals surface area contributed by atoms with Gasteiger partial charge in [0.15, 0.2) is 4.34 Å². The van der Waals surface area contributed by atoms with Gasteiger partial charge < -0.3 is 10.4 Å². The SMILES string of the molecule is CCCNC(C)(CO)CSc1nc(CC)ns1. The van der Waals surface area contributed by atoms with Crippen molar-refractivity contribution in [3.63, 3.8) is 0 Å². The number of aliphatic hydroxyl groups is 1. The van der Waals surface area contributed by atoms with E-state index in [4.69, 9.17) is 0 Å². The van der Waals surface area contributed by atoms with Crippen molar-refractivity contribution in [2.45, 2.75) is 43.5 Å². The Bertz CT molecular complexity index is 332. The number of hydrogen-bond donors (Lipinski definition) is 2. The summed E-state index contributed by atoms with van der Waals surface area (Å²) in [5.74, 6) is 1.71. The minimum absolute atomic E-state index is 0.138. The Hall–Kier alpha value is -0.170. The molecule has 0 bridgehead atoms. The van der Waals surface area contributed by atoms with Crippen LogP contribution >= 0.6 is 23.3 Å². The summed E-state index contributed by atoms with van der Waals surface area (Å²) < 4.78 is 5.24. The molecule has 0 fully saturated rings. The van der Waals surface area contributed by atoms with Crippen LogP contribution in [-0.4, -0.2) is 38.9 Å². The highest BCUT2D eigenvalue weighted by molar-refractivity contribution is 8.01. The maximum absolute atomic E-state index is 9.43. The molecule has 1 heterocycles. The van der Waals surface area contributed by atoms with Gasteiger partial charge in [-0.3, -0.25) is 0 Å². The van der Waals surface area contributed by atoms with Gasteiger partial charge in [0.1, 0.15) is 5.82 Å². The number of aryl methyl sites for hydroxylation is 1. The quantitative estimate of drug-likeness (QED) is 0.710. The van der Waals surface area contributed by atoms with Crippen LogP contribution < -0.4 is 5.32 Å². The first-order valence-corrected chi connectivity index (χ1v) is 7.70. The molecule has 0 amide bonds. The molecule has 0 aliphatic rings. The number of nitrogens with one attached hydrogen (secondary N) is 1. The van der Waals surface area contributed by atoms with E-state index in [1.165, 1.54) is 11.5 Å². The summed E-state index contributed by atoms with van der Waals surface area (Å²) in [5.41, 5.74) is -0.237. The molecule has 6 heteroatoms. The minimum atomic E-state index is -0.237. The number of thioether (sulfide) groups is 1. The second-order valence-corrected chi connectivity index (χ2v) is 6.24. The van der Waals surface area contributed by atoms with Crippen LogP contribution in [0.4, 0.5) is 0 Å². The Morgan fingerprint density at radius 3 is 2.76 bits per heavy atom. The molecule has 0 aliphatic carbocycles. The van der Waals surface area contributed by atoms with E-state index in [1.807, 2.05) is 6.92 Å². The molecule has 2 N–H and O–H groups in total. The monoisotopic (exact) mass is 275 g/mol. The molecule has 1 aromatic heterocycles. The molecule has 1 atom stereocenters. The van der Waals surface area contributed by atoms with Crippen LogP contribution in [0.2, 0.25) is 0 Å². The van der Waals surface area contributed by atoms with E-state index >= 15 is 0 Å². The highest BCUT2D eigenvalue weighted by atomic mass is 32.2. The Morgan fingerprint density at radius 1 is 1.47 bits per heavy atom. The second-order valence-electron chi connectivity index (χ2n) is 4.26. The standard InChI is InChI=1S/C11H21N3OS2/c1-4-6-12-11(3,7-15)8-16-10-13-9(5-2)14-17-10/h12,15H,4-8H2,1-3H3. The van der Waals surface area contributed by atoms with Crippen LogP contribution in [0.25, 0.3) is 0 Å². The van der Waals surface area contributed by atoms with Crippen molar-refractivity contribution >= 4 is 23.3 Å². The van der Waals surface area contributed by atoms with Crippen LogP contribution in [0.15, 0.2) is 4.34 Å². The molecular formula is C11H21N3OS2. The van der Waals surface area contributed by atoms with Gasteiger partial charge in [0.05, 0.1) is 6.61 Å². The van der Waals surface area contributed by atoms with Crippen molar-refractivity contribution < 1.29 is 5.11 Å². The van der Waals surface area contributed by atoms with Gasteiger partial charge in [0.25, 0.3) is 0 Å². The minimum Gasteiger partial charge on any atom is -0.394 e. The van der Waals surface area contributed by atoms with Crippen molar-refractivity contribution in [2.24, 2.45) is 0 Å². The van der Waals surface area contributed by atoms with Crippen molar-refractivity contribution in [3.05, 3.63) is 5.82 Å². The van der Waals surface area contributed by atoms with Crippen LogP contribution in [0, 0.1) is 0 Å². The summed E-state index contributed by atoms with van der Waals surface area (Å²) in [6.07, 6.45) is 1.95. The first-order valence-electron chi connectivity index (χ1n) is 5.94. The van der Waals surface area contributed by atoms with Crippen molar-refractivity contribution in [1.29, 1.82) is 0 Å². The number of rotatable bonds is 8. The third-order valence-electron chi connectivity index (χ3n) is 2.43. The molecule has 0 saturated heterocycles. The highest BCUT2D eigenvalue weighted by Crippen LogP contribution is 2.24. The lowest BCUT2D eigenvalue weighted by atomic mass is 10.1. The van der Waals surface area contributed by atoms with E-state index in [-0.39, 0.29) is 12.1 Å². The van der Waals surface area contributed by atoms with Crippen molar-refractivity contribution in [1.82, 2.24) is 14.7 Å². The third-order valence-corrected chi connectivity index (χ3v) is 4.68. The summed E-state index contributed by atoms with van der Waals surface area (Å²) in [4.78, 5) is 4.41. The Labute approximate surface area is 111 Å². The fourth-order valence-corrected chi connectivity index (χ4v) is 3.04. The topological polar surface area (TPSA) is 58.0 Å². The molecule has 0 radical (unpaired) electrons. The summed E-state index contributed by atoms with van der Waals surface area (Å²) in [6.45, 7) is 7.28. The van der Waals surface area contributed by atoms with E-state index < -0.39 is 0 Å². The number of aliphatic hydroxyl groups excluding tert-OH is 1. The molecule has 98 valence electrons. The van der Waals surface area contributed by atoms with Crippen molar-refractivity contribution in [3.8, 4) is 0 Å². The molecule has 4 nitrogen and oxygen atoms in total. The van der Waals surface area contributed by atoms with E-state index in [0.29, 0.717) is 0 Å². The zero-order chi connectivity index (χ0) is 12.7. The fourth-order valence-electron chi connectivity index (χ4n) is 1.24. The number of aromatic nitrogens is 2. The van der Waals surface area contributed by atoms with Gasteiger partial charge in [-0.15, -0.1) is 0 Å². The molecule has 1 unspecified atom stereocenters. The van der Waals surface area contributed by atoms with E-state index in [9.17, 15) is 5.11 Å². The van der Waals surface area contributed by atoms with Gasteiger partial charge in [-0.1, -0.05) is 25.6 Å². The fraction of sp³-hybridized carbons (Fsp3) is 0.818. The predicted octanol–water partition coefficient (Wildman–Crippen LogP) is 1.94. The molecule has 0 spiro atoms. The van der Waals surface area contributed by atoms with E-state index in [0.717, 1.165) is 35.3 Å².